The normalized spacial score (nSPS) is 12.3. The van der Waals surface area contributed by atoms with Gasteiger partial charge in [-0.15, -0.1) is 0 Å². The van der Waals surface area contributed by atoms with Crippen LogP contribution in [0.4, 0.5) is 5.69 Å². The zero-order chi connectivity index (χ0) is 15.3. The molecule has 1 rings (SSSR count). The van der Waals surface area contributed by atoms with Crippen LogP contribution in [0.3, 0.4) is 0 Å². The summed E-state index contributed by atoms with van der Waals surface area (Å²) in [5, 5.41) is 13.1. The summed E-state index contributed by atoms with van der Waals surface area (Å²) in [4.78, 5) is 0. The molecule has 21 heavy (non-hydrogen) atoms. The van der Waals surface area contributed by atoms with Crippen molar-refractivity contribution in [2.75, 3.05) is 52.0 Å². The maximum atomic E-state index is 9.88. The molecule has 0 heterocycles. The Hall–Kier alpha value is -1.14. The van der Waals surface area contributed by atoms with E-state index < -0.39 is 6.10 Å². The number of benzene rings is 1. The van der Waals surface area contributed by atoms with Crippen LogP contribution in [-0.4, -0.2) is 57.9 Å². The van der Waals surface area contributed by atoms with Crippen molar-refractivity contribution in [3.8, 4) is 0 Å². The molecule has 5 heteroatoms. The Bertz CT molecular complexity index is 373. The molecule has 1 aromatic carbocycles. The number of aliphatic hydroxyl groups is 1. The van der Waals surface area contributed by atoms with Crippen molar-refractivity contribution < 1.29 is 19.3 Å². The lowest BCUT2D eigenvalue weighted by atomic mass is 10.1. The summed E-state index contributed by atoms with van der Waals surface area (Å²) in [6, 6.07) is 8.05. The van der Waals surface area contributed by atoms with Crippen molar-refractivity contribution in [1.82, 2.24) is 0 Å². The van der Waals surface area contributed by atoms with Crippen LogP contribution in [0.1, 0.15) is 12.5 Å². The van der Waals surface area contributed by atoms with Gasteiger partial charge in [-0.3, -0.25) is 0 Å². The van der Waals surface area contributed by atoms with E-state index in [0.717, 1.165) is 12.1 Å². The topological polar surface area (TPSA) is 60.0 Å². The third-order valence-electron chi connectivity index (χ3n) is 3.01. The van der Waals surface area contributed by atoms with Crippen molar-refractivity contribution in [2.24, 2.45) is 0 Å². The predicted molar refractivity (Wildman–Crippen MR) is 83.8 cm³/mol. The maximum Gasteiger partial charge on any atom is 0.0945 e. The highest BCUT2D eigenvalue weighted by molar-refractivity contribution is 5.51. The van der Waals surface area contributed by atoms with Crippen molar-refractivity contribution in [3.63, 3.8) is 0 Å². The van der Waals surface area contributed by atoms with Gasteiger partial charge in [0.15, 0.2) is 0 Å². The minimum absolute atomic E-state index is 0.306. The average molecular weight is 297 g/mol. The fourth-order valence-corrected chi connectivity index (χ4v) is 1.89. The van der Waals surface area contributed by atoms with Gasteiger partial charge < -0.3 is 24.6 Å². The third-order valence-corrected chi connectivity index (χ3v) is 3.01. The van der Waals surface area contributed by atoms with Crippen LogP contribution >= 0.6 is 0 Å². The van der Waals surface area contributed by atoms with E-state index in [4.69, 9.17) is 14.2 Å². The molecule has 0 spiro atoms. The number of para-hydroxylation sites is 1. The molecule has 0 saturated heterocycles. The molecule has 1 aromatic rings. The number of methoxy groups -OCH3 is 1. The number of ether oxygens (including phenoxy) is 3. The summed E-state index contributed by atoms with van der Waals surface area (Å²) in [5.41, 5.74) is 2.21. The Morgan fingerprint density at radius 2 is 1.90 bits per heavy atom. The lowest BCUT2D eigenvalue weighted by Crippen LogP contribution is -2.26. The number of rotatable bonds is 12. The summed E-state index contributed by atoms with van der Waals surface area (Å²) in [6.45, 7) is 5.15. The molecule has 0 aliphatic heterocycles. The van der Waals surface area contributed by atoms with Crippen LogP contribution in [0.25, 0.3) is 0 Å². The highest BCUT2D eigenvalue weighted by Gasteiger charge is 2.06. The Balaban J connectivity index is 2.27. The van der Waals surface area contributed by atoms with Crippen molar-refractivity contribution in [1.29, 1.82) is 0 Å². The van der Waals surface area contributed by atoms with E-state index in [2.05, 4.69) is 11.4 Å². The van der Waals surface area contributed by atoms with E-state index >= 15 is 0 Å². The fourth-order valence-electron chi connectivity index (χ4n) is 1.89. The van der Waals surface area contributed by atoms with Crippen LogP contribution in [-0.2, 0) is 20.6 Å². The third kappa shape index (κ3) is 8.02. The first-order valence-corrected chi connectivity index (χ1v) is 7.42. The second-order valence-corrected chi connectivity index (χ2v) is 4.71. The van der Waals surface area contributed by atoms with E-state index in [1.54, 1.807) is 7.11 Å². The number of nitrogens with one attached hydrogen (secondary N) is 1. The van der Waals surface area contributed by atoms with Crippen molar-refractivity contribution >= 4 is 5.69 Å². The first kappa shape index (κ1) is 17.9. The number of hydrogen-bond donors (Lipinski definition) is 2. The van der Waals surface area contributed by atoms with Crippen LogP contribution < -0.4 is 5.32 Å². The van der Waals surface area contributed by atoms with Gasteiger partial charge in [-0.1, -0.05) is 18.2 Å². The minimum Gasteiger partial charge on any atom is -0.389 e. The Morgan fingerprint density at radius 3 is 2.67 bits per heavy atom. The van der Waals surface area contributed by atoms with Gasteiger partial charge in [0.1, 0.15) is 0 Å². The van der Waals surface area contributed by atoms with Gasteiger partial charge in [-0.05, 0) is 25.0 Å². The smallest absolute Gasteiger partial charge is 0.0945 e. The standard InChI is InChI=1S/C16H27NO4/c1-3-20-10-11-21-13-15(18)12-17-16-7-5-4-6-14(16)8-9-19-2/h4-7,15,17-18H,3,8-13H2,1-2H3. The van der Waals surface area contributed by atoms with Crippen LogP contribution in [0.2, 0.25) is 0 Å². The molecular weight excluding hydrogens is 270 g/mol. The van der Waals surface area contributed by atoms with Crippen LogP contribution in [0.15, 0.2) is 24.3 Å². The Labute approximate surface area is 127 Å². The fraction of sp³-hybridized carbons (Fsp3) is 0.625. The highest BCUT2D eigenvalue weighted by atomic mass is 16.5. The van der Waals surface area contributed by atoms with E-state index in [0.29, 0.717) is 39.6 Å². The molecule has 0 aliphatic rings. The predicted octanol–water partition coefficient (Wildman–Crippen LogP) is 1.70. The SMILES string of the molecule is CCOCCOCC(O)CNc1ccccc1CCOC. The van der Waals surface area contributed by atoms with E-state index in [1.807, 2.05) is 25.1 Å². The molecule has 1 unspecified atom stereocenters. The molecular formula is C16H27NO4. The summed E-state index contributed by atoms with van der Waals surface area (Å²) in [5.74, 6) is 0. The van der Waals surface area contributed by atoms with Gasteiger partial charge >= 0.3 is 0 Å². The van der Waals surface area contributed by atoms with Gasteiger partial charge in [-0.2, -0.15) is 0 Å². The highest BCUT2D eigenvalue weighted by Crippen LogP contribution is 2.15. The lowest BCUT2D eigenvalue weighted by molar-refractivity contribution is 0.0103. The van der Waals surface area contributed by atoms with E-state index in [1.165, 1.54) is 5.56 Å². The van der Waals surface area contributed by atoms with E-state index in [9.17, 15) is 5.11 Å². The van der Waals surface area contributed by atoms with Gasteiger partial charge in [0.05, 0.1) is 32.5 Å². The van der Waals surface area contributed by atoms with Gasteiger partial charge in [0.25, 0.3) is 0 Å². The molecule has 0 radical (unpaired) electrons. The average Bonchev–Trinajstić information content (AvgIpc) is 2.51. The molecule has 1 atom stereocenters. The van der Waals surface area contributed by atoms with Gasteiger partial charge in [0.2, 0.25) is 0 Å². The molecule has 0 fully saturated rings. The molecule has 0 aliphatic carbocycles. The first-order chi connectivity index (χ1) is 10.3. The second kappa shape index (κ2) is 11.5. The lowest BCUT2D eigenvalue weighted by Gasteiger charge is -2.15. The Kier molecular flexibility index (Phi) is 9.82. The summed E-state index contributed by atoms with van der Waals surface area (Å²) in [6.07, 6.45) is 0.308. The molecule has 0 bridgehead atoms. The number of hydrogen-bond acceptors (Lipinski definition) is 5. The maximum absolute atomic E-state index is 9.88. The van der Waals surface area contributed by atoms with Crippen molar-refractivity contribution in [2.45, 2.75) is 19.4 Å². The zero-order valence-electron chi connectivity index (χ0n) is 13.0. The summed E-state index contributed by atoms with van der Waals surface area (Å²) >= 11 is 0. The van der Waals surface area contributed by atoms with Gasteiger partial charge in [0, 0.05) is 25.9 Å². The molecule has 0 aromatic heterocycles. The van der Waals surface area contributed by atoms with Crippen LogP contribution in [0.5, 0.6) is 0 Å². The molecule has 0 saturated carbocycles. The first-order valence-electron chi connectivity index (χ1n) is 7.42. The number of anilines is 1. The Morgan fingerprint density at radius 1 is 1.14 bits per heavy atom. The summed E-state index contributed by atoms with van der Waals surface area (Å²) in [7, 11) is 1.69. The van der Waals surface area contributed by atoms with Crippen LogP contribution in [0, 0.1) is 0 Å². The minimum atomic E-state index is -0.540. The van der Waals surface area contributed by atoms with E-state index in [-0.39, 0.29) is 0 Å². The van der Waals surface area contributed by atoms with Gasteiger partial charge in [-0.25, -0.2) is 0 Å². The quantitative estimate of drug-likeness (QED) is 0.575. The molecule has 2 N–H and O–H groups in total. The molecule has 0 amide bonds. The summed E-state index contributed by atoms with van der Waals surface area (Å²) < 4.78 is 15.6. The molecule has 120 valence electrons. The zero-order valence-corrected chi connectivity index (χ0v) is 13.0. The van der Waals surface area contributed by atoms with Crippen molar-refractivity contribution in [3.05, 3.63) is 29.8 Å². The number of aliphatic hydroxyl groups excluding tert-OH is 1. The monoisotopic (exact) mass is 297 g/mol. The second-order valence-electron chi connectivity index (χ2n) is 4.71. The molecule has 5 nitrogen and oxygen atoms in total. The largest absolute Gasteiger partial charge is 0.389 e.